The number of nitrogens with zero attached hydrogens (tertiary/aromatic N) is 1. The van der Waals surface area contributed by atoms with Crippen molar-refractivity contribution in [1.82, 2.24) is 5.16 Å². The van der Waals surface area contributed by atoms with Crippen molar-refractivity contribution in [1.29, 1.82) is 0 Å². The van der Waals surface area contributed by atoms with Gasteiger partial charge in [0.15, 0.2) is 23.0 Å². The van der Waals surface area contributed by atoms with E-state index in [1.54, 1.807) is 12.1 Å². The van der Waals surface area contributed by atoms with Crippen molar-refractivity contribution in [3.63, 3.8) is 0 Å². The van der Waals surface area contributed by atoms with Crippen LogP contribution in [0, 0.1) is 18.6 Å². The summed E-state index contributed by atoms with van der Waals surface area (Å²) in [6.45, 7) is 1.88. The number of amides is 1. The summed E-state index contributed by atoms with van der Waals surface area (Å²) in [5.74, 6) is -2.89. The third kappa shape index (κ3) is 2.35. The van der Waals surface area contributed by atoms with Crippen molar-refractivity contribution >= 4 is 22.7 Å². The highest BCUT2D eigenvalue weighted by Crippen LogP contribution is 2.24. The molecule has 0 aliphatic carbocycles. The molecule has 21 heavy (non-hydrogen) atoms. The summed E-state index contributed by atoms with van der Waals surface area (Å²) in [4.78, 5) is 12.0. The molecule has 106 valence electrons. The van der Waals surface area contributed by atoms with Crippen LogP contribution in [0.5, 0.6) is 0 Å². The molecule has 0 saturated heterocycles. The molecule has 1 heterocycles. The van der Waals surface area contributed by atoms with Crippen molar-refractivity contribution < 1.29 is 18.1 Å². The maximum atomic E-state index is 13.6. The molecular formula is C15H10F2N2O2. The average Bonchev–Trinajstić information content (AvgIpc) is 2.84. The summed E-state index contributed by atoms with van der Waals surface area (Å²) in [6, 6.07) is 8.74. The third-order valence-corrected chi connectivity index (χ3v) is 3.05. The molecule has 0 fully saturated rings. The second-order valence-electron chi connectivity index (χ2n) is 4.59. The molecule has 1 aromatic heterocycles. The van der Waals surface area contributed by atoms with Gasteiger partial charge in [-0.3, -0.25) is 4.79 Å². The van der Waals surface area contributed by atoms with E-state index in [1.807, 2.05) is 13.0 Å². The number of carbonyl (C=O) groups is 1. The van der Waals surface area contributed by atoms with Crippen molar-refractivity contribution in [3.8, 4) is 0 Å². The quantitative estimate of drug-likeness (QED) is 0.782. The first-order chi connectivity index (χ1) is 10.1. The first-order valence-corrected chi connectivity index (χ1v) is 6.17. The minimum Gasteiger partial charge on any atom is -0.354 e. The number of carbonyl (C=O) groups excluding carboxylic acids is 1. The van der Waals surface area contributed by atoms with Gasteiger partial charge < -0.3 is 9.84 Å². The smallest absolute Gasteiger partial charge is 0.260 e. The molecule has 6 heteroatoms. The van der Waals surface area contributed by atoms with Gasteiger partial charge in [0.25, 0.3) is 5.91 Å². The van der Waals surface area contributed by atoms with Crippen molar-refractivity contribution in [3.05, 3.63) is 59.2 Å². The maximum absolute atomic E-state index is 13.6. The van der Waals surface area contributed by atoms with Gasteiger partial charge in [0, 0.05) is 0 Å². The predicted octanol–water partition coefficient (Wildman–Crippen LogP) is 3.67. The van der Waals surface area contributed by atoms with Crippen molar-refractivity contribution in [2.24, 2.45) is 0 Å². The molecule has 3 rings (SSSR count). The van der Waals surface area contributed by atoms with E-state index in [0.717, 1.165) is 11.6 Å². The zero-order valence-corrected chi connectivity index (χ0v) is 11.0. The van der Waals surface area contributed by atoms with Crippen molar-refractivity contribution in [2.75, 3.05) is 5.32 Å². The zero-order valence-electron chi connectivity index (χ0n) is 11.0. The van der Waals surface area contributed by atoms with Crippen LogP contribution in [0.2, 0.25) is 0 Å². The highest BCUT2D eigenvalue weighted by Gasteiger charge is 2.18. The fraction of sp³-hybridized carbons (Fsp3) is 0.0667. The fourth-order valence-electron chi connectivity index (χ4n) is 2.00. The van der Waals surface area contributed by atoms with Gasteiger partial charge in [-0.2, -0.15) is 0 Å². The van der Waals surface area contributed by atoms with E-state index in [4.69, 9.17) is 4.52 Å². The zero-order chi connectivity index (χ0) is 15.0. The molecule has 1 amide bonds. The molecule has 2 aromatic carbocycles. The number of anilines is 1. The summed E-state index contributed by atoms with van der Waals surface area (Å²) >= 11 is 0. The minimum atomic E-state index is -1.20. The molecule has 0 aliphatic heterocycles. The second kappa shape index (κ2) is 4.97. The molecule has 3 aromatic rings. The monoisotopic (exact) mass is 288 g/mol. The van der Waals surface area contributed by atoms with Crippen LogP contribution in [0.1, 0.15) is 15.9 Å². The first kappa shape index (κ1) is 13.2. The molecule has 0 spiro atoms. The second-order valence-corrected chi connectivity index (χ2v) is 4.59. The van der Waals surface area contributed by atoms with Crippen LogP contribution in [0.15, 0.2) is 40.9 Å². The minimum absolute atomic E-state index is 0.169. The van der Waals surface area contributed by atoms with E-state index in [2.05, 4.69) is 10.5 Å². The van der Waals surface area contributed by atoms with E-state index in [9.17, 15) is 13.6 Å². The SMILES string of the molecule is Cc1ccc2onc(NC(=O)c3cccc(F)c3F)c2c1. The lowest BCUT2D eigenvalue weighted by Crippen LogP contribution is -2.14. The van der Waals surface area contributed by atoms with Crippen molar-refractivity contribution in [2.45, 2.75) is 6.92 Å². The van der Waals surface area contributed by atoms with Gasteiger partial charge in [-0.1, -0.05) is 22.9 Å². The Balaban J connectivity index is 1.96. The van der Waals surface area contributed by atoms with Gasteiger partial charge in [0.05, 0.1) is 10.9 Å². The van der Waals surface area contributed by atoms with Gasteiger partial charge in [0.2, 0.25) is 0 Å². The van der Waals surface area contributed by atoms with Gasteiger partial charge in [-0.05, 0) is 31.2 Å². The summed E-state index contributed by atoms with van der Waals surface area (Å²) in [5.41, 5.74) is 1.06. The summed E-state index contributed by atoms with van der Waals surface area (Å²) in [5, 5.41) is 6.75. The van der Waals surface area contributed by atoms with E-state index >= 15 is 0 Å². The van der Waals surface area contributed by atoms with Gasteiger partial charge in [-0.15, -0.1) is 0 Å². The molecular weight excluding hydrogens is 278 g/mol. The lowest BCUT2D eigenvalue weighted by Gasteiger charge is -2.04. The van der Waals surface area contributed by atoms with E-state index in [-0.39, 0.29) is 11.4 Å². The number of hydrogen-bond acceptors (Lipinski definition) is 3. The normalized spacial score (nSPS) is 10.8. The van der Waals surface area contributed by atoms with Gasteiger partial charge in [0.1, 0.15) is 0 Å². The Morgan fingerprint density at radius 1 is 1.24 bits per heavy atom. The molecule has 0 atom stereocenters. The van der Waals surface area contributed by atoms with E-state index < -0.39 is 17.5 Å². The molecule has 1 N–H and O–H groups in total. The van der Waals surface area contributed by atoms with Crippen LogP contribution >= 0.6 is 0 Å². The average molecular weight is 288 g/mol. The number of aryl methyl sites for hydroxylation is 1. The first-order valence-electron chi connectivity index (χ1n) is 6.17. The Morgan fingerprint density at radius 2 is 2.05 bits per heavy atom. The van der Waals surface area contributed by atoms with Gasteiger partial charge >= 0.3 is 0 Å². The molecule has 0 saturated carbocycles. The van der Waals surface area contributed by atoms with Crippen LogP contribution in [0.25, 0.3) is 11.0 Å². The van der Waals surface area contributed by atoms with Crippen LogP contribution in [-0.4, -0.2) is 11.1 Å². The number of halogens is 2. The van der Waals surface area contributed by atoms with Crippen LogP contribution < -0.4 is 5.32 Å². The van der Waals surface area contributed by atoms with Gasteiger partial charge in [-0.25, -0.2) is 8.78 Å². The Hall–Kier alpha value is -2.76. The van der Waals surface area contributed by atoms with Crippen LogP contribution in [0.3, 0.4) is 0 Å². The lowest BCUT2D eigenvalue weighted by molar-refractivity contribution is 0.102. The highest BCUT2D eigenvalue weighted by molar-refractivity contribution is 6.07. The molecule has 0 unspecified atom stereocenters. The maximum Gasteiger partial charge on any atom is 0.260 e. The number of fused-ring (bicyclic) bond motifs is 1. The van der Waals surface area contributed by atoms with Crippen LogP contribution in [-0.2, 0) is 0 Å². The number of aromatic nitrogens is 1. The molecule has 0 bridgehead atoms. The third-order valence-electron chi connectivity index (χ3n) is 3.05. The largest absolute Gasteiger partial charge is 0.354 e. The molecule has 4 nitrogen and oxygen atoms in total. The summed E-state index contributed by atoms with van der Waals surface area (Å²) < 4.78 is 31.8. The molecule has 0 aliphatic rings. The fourth-order valence-corrected chi connectivity index (χ4v) is 2.00. The van der Waals surface area contributed by atoms with E-state index in [0.29, 0.717) is 11.0 Å². The summed E-state index contributed by atoms with van der Waals surface area (Å²) in [7, 11) is 0. The number of rotatable bonds is 2. The topological polar surface area (TPSA) is 55.1 Å². The van der Waals surface area contributed by atoms with Crippen LogP contribution in [0.4, 0.5) is 14.6 Å². The standard InChI is InChI=1S/C15H10F2N2O2/c1-8-5-6-12-10(7-8)14(19-21-12)18-15(20)9-3-2-4-11(16)13(9)17/h2-7H,1H3,(H,18,19,20). The Morgan fingerprint density at radius 3 is 2.86 bits per heavy atom. The predicted molar refractivity (Wildman–Crippen MR) is 73.1 cm³/mol. The number of nitrogens with one attached hydrogen (secondary N) is 1. The highest BCUT2D eigenvalue weighted by atomic mass is 19.2. The summed E-state index contributed by atoms with van der Waals surface area (Å²) in [6.07, 6.45) is 0. The Bertz CT molecular complexity index is 843. The van der Waals surface area contributed by atoms with E-state index in [1.165, 1.54) is 12.1 Å². The Labute approximate surface area is 118 Å². The lowest BCUT2D eigenvalue weighted by atomic mass is 10.1. The number of hydrogen-bond donors (Lipinski definition) is 1. The Kier molecular flexibility index (Phi) is 3.13. The molecule has 0 radical (unpaired) electrons. The number of benzene rings is 2.